The van der Waals surface area contributed by atoms with E-state index in [1.54, 1.807) is 18.2 Å². The quantitative estimate of drug-likeness (QED) is 0.889. The van der Waals surface area contributed by atoms with Crippen molar-refractivity contribution in [3.8, 4) is 5.75 Å². The number of piperidine rings is 1. The fourth-order valence-corrected chi connectivity index (χ4v) is 3.38. The first-order valence-electron chi connectivity index (χ1n) is 7.13. The van der Waals surface area contributed by atoms with Gasteiger partial charge in [-0.2, -0.15) is 8.78 Å². The number of aliphatic hydroxyl groups is 1. The van der Waals surface area contributed by atoms with E-state index in [9.17, 15) is 13.9 Å². The average molecular weight is 299 g/mol. The van der Waals surface area contributed by atoms with Gasteiger partial charge < -0.3 is 19.9 Å². The molecule has 1 aromatic rings. The van der Waals surface area contributed by atoms with Gasteiger partial charge in [-0.3, -0.25) is 0 Å². The van der Waals surface area contributed by atoms with Crippen LogP contribution in [-0.4, -0.2) is 42.6 Å². The highest BCUT2D eigenvalue weighted by Gasteiger charge is 2.41. The zero-order chi connectivity index (χ0) is 14.9. The average Bonchev–Trinajstić information content (AvgIpc) is 2.39. The molecule has 3 rings (SSSR count). The van der Waals surface area contributed by atoms with Crippen LogP contribution >= 0.6 is 0 Å². The predicted octanol–water partition coefficient (Wildman–Crippen LogP) is 1.71. The standard InChI is InChI=1S/C15H19F2NO3/c16-14(17)21-13-4-2-1-3-10(13)5-15(19)6-11-8-20-9-12(7-15)18-11/h1-4,11-12,14,18-19H,5-9H2. The second-order valence-corrected chi connectivity index (χ2v) is 5.89. The summed E-state index contributed by atoms with van der Waals surface area (Å²) in [5.74, 6) is 0.140. The van der Waals surface area contributed by atoms with Crippen LogP contribution in [0.15, 0.2) is 24.3 Å². The lowest BCUT2D eigenvalue weighted by Crippen LogP contribution is -2.60. The number of para-hydroxylation sites is 1. The van der Waals surface area contributed by atoms with Crippen molar-refractivity contribution in [1.29, 1.82) is 0 Å². The van der Waals surface area contributed by atoms with Crippen LogP contribution in [0, 0.1) is 0 Å². The Balaban J connectivity index is 1.76. The molecule has 2 saturated heterocycles. The van der Waals surface area contributed by atoms with Gasteiger partial charge in [0.25, 0.3) is 0 Å². The largest absolute Gasteiger partial charge is 0.435 e. The van der Waals surface area contributed by atoms with Crippen molar-refractivity contribution in [2.75, 3.05) is 13.2 Å². The van der Waals surface area contributed by atoms with E-state index in [-0.39, 0.29) is 17.8 Å². The van der Waals surface area contributed by atoms with Gasteiger partial charge in [0, 0.05) is 18.5 Å². The Hall–Kier alpha value is -1.24. The van der Waals surface area contributed by atoms with Gasteiger partial charge in [0.2, 0.25) is 0 Å². The minimum atomic E-state index is -2.86. The number of fused-ring (bicyclic) bond motifs is 2. The molecule has 0 aliphatic carbocycles. The Labute approximate surface area is 122 Å². The number of hydrogen-bond acceptors (Lipinski definition) is 4. The SMILES string of the molecule is OC1(Cc2ccccc2OC(F)F)CC2COCC(C1)N2. The number of ether oxygens (including phenoxy) is 2. The van der Waals surface area contributed by atoms with Gasteiger partial charge in [-0.15, -0.1) is 0 Å². The summed E-state index contributed by atoms with van der Waals surface area (Å²) in [4.78, 5) is 0. The molecule has 6 heteroatoms. The molecule has 2 fully saturated rings. The summed E-state index contributed by atoms with van der Waals surface area (Å²) in [6.07, 6.45) is 1.41. The van der Waals surface area contributed by atoms with Crippen LogP contribution in [-0.2, 0) is 11.2 Å². The predicted molar refractivity (Wildman–Crippen MR) is 72.5 cm³/mol. The van der Waals surface area contributed by atoms with Crippen molar-refractivity contribution >= 4 is 0 Å². The number of hydrogen-bond donors (Lipinski definition) is 2. The van der Waals surface area contributed by atoms with E-state index in [4.69, 9.17) is 4.74 Å². The molecule has 2 atom stereocenters. The second-order valence-electron chi connectivity index (χ2n) is 5.89. The first-order chi connectivity index (χ1) is 10.0. The first kappa shape index (κ1) is 14.7. The highest BCUT2D eigenvalue weighted by Crippen LogP contribution is 2.33. The van der Waals surface area contributed by atoms with Gasteiger partial charge in [-0.25, -0.2) is 0 Å². The minimum Gasteiger partial charge on any atom is -0.435 e. The molecule has 2 aliphatic heterocycles. The van der Waals surface area contributed by atoms with Crippen LogP contribution < -0.4 is 10.1 Å². The third kappa shape index (κ3) is 3.51. The minimum absolute atomic E-state index is 0.116. The van der Waals surface area contributed by atoms with Crippen LogP contribution in [0.2, 0.25) is 0 Å². The lowest BCUT2D eigenvalue weighted by atomic mass is 9.79. The Morgan fingerprint density at radius 2 is 1.95 bits per heavy atom. The smallest absolute Gasteiger partial charge is 0.387 e. The van der Waals surface area contributed by atoms with Crippen LogP contribution in [0.5, 0.6) is 5.75 Å². The molecule has 2 aliphatic rings. The topological polar surface area (TPSA) is 50.7 Å². The van der Waals surface area contributed by atoms with E-state index in [2.05, 4.69) is 10.1 Å². The van der Waals surface area contributed by atoms with E-state index < -0.39 is 12.2 Å². The van der Waals surface area contributed by atoms with Crippen molar-refractivity contribution in [2.24, 2.45) is 0 Å². The Bertz CT molecular complexity index is 486. The summed E-state index contributed by atoms with van der Waals surface area (Å²) in [5, 5.41) is 14.3. The maximum absolute atomic E-state index is 12.5. The molecule has 116 valence electrons. The Morgan fingerprint density at radius 3 is 2.62 bits per heavy atom. The lowest BCUT2D eigenvalue weighted by Gasteiger charge is -2.45. The van der Waals surface area contributed by atoms with Crippen molar-refractivity contribution < 1.29 is 23.4 Å². The summed E-state index contributed by atoms with van der Waals surface area (Å²) >= 11 is 0. The summed E-state index contributed by atoms with van der Waals surface area (Å²) < 4.78 is 34.9. The molecular formula is C15H19F2NO3. The maximum atomic E-state index is 12.5. The van der Waals surface area contributed by atoms with E-state index in [0.29, 0.717) is 38.0 Å². The molecule has 2 bridgehead atoms. The van der Waals surface area contributed by atoms with Crippen LogP contribution in [0.4, 0.5) is 8.78 Å². The van der Waals surface area contributed by atoms with Gasteiger partial charge in [0.15, 0.2) is 0 Å². The molecule has 0 aromatic heterocycles. The molecular weight excluding hydrogens is 280 g/mol. The highest BCUT2D eigenvalue weighted by atomic mass is 19.3. The molecule has 0 amide bonds. The highest BCUT2D eigenvalue weighted by molar-refractivity contribution is 5.34. The fourth-order valence-electron chi connectivity index (χ4n) is 3.38. The normalized spacial score (nSPS) is 32.2. The Morgan fingerprint density at radius 1 is 1.29 bits per heavy atom. The number of rotatable bonds is 4. The van der Waals surface area contributed by atoms with Gasteiger partial charge in [0.1, 0.15) is 5.75 Å². The molecule has 2 unspecified atom stereocenters. The van der Waals surface area contributed by atoms with Crippen LogP contribution in [0.1, 0.15) is 18.4 Å². The number of benzene rings is 1. The van der Waals surface area contributed by atoms with E-state index >= 15 is 0 Å². The Kier molecular flexibility index (Phi) is 4.10. The van der Waals surface area contributed by atoms with Gasteiger partial charge in [-0.05, 0) is 24.5 Å². The summed E-state index contributed by atoms with van der Waals surface area (Å²) in [7, 11) is 0. The molecule has 21 heavy (non-hydrogen) atoms. The third-order valence-electron chi connectivity index (χ3n) is 4.07. The van der Waals surface area contributed by atoms with E-state index in [1.165, 1.54) is 6.07 Å². The van der Waals surface area contributed by atoms with Crippen LogP contribution in [0.25, 0.3) is 0 Å². The first-order valence-corrected chi connectivity index (χ1v) is 7.13. The number of nitrogens with one attached hydrogen (secondary N) is 1. The fraction of sp³-hybridized carbons (Fsp3) is 0.600. The molecule has 2 N–H and O–H groups in total. The van der Waals surface area contributed by atoms with Gasteiger partial charge in [0.05, 0.1) is 18.8 Å². The number of morpholine rings is 1. The molecule has 0 spiro atoms. The van der Waals surface area contributed by atoms with Crippen molar-refractivity contribution in [3.05, 3.63) is 29.8 Å². The van der Waals surface area contributed by atoms with Crippen molar-refractivity contribution in [3.63, 3.8) is 0 Å². The summed E-state index contributed by atoms with van der Waals surface area (Å²) in [5.41, 5.74) is -0.299. The molecule has 1 aromatic carbocycles. The zero-order valence-corrected chi connectivity index (χ0v) is 11.6. The maximum Gasteiger partial charge on any atom is 0.387 e. The second kappa shape index (κ2) is 5.87. The molecule has 0 radical (unpaired) electrons. The van der Waals surface area contributed by atoms with Crippen molar-refractivity contribution in [2.45, 2.75) is 43.6 Å². The summed E-state index contributed by atoms with van der Waals surface area (Å²) in [6.45, 7) is -1.70. The molecule has 0 saturated carbocycles. The monoisotopic (exact) mass is 299 g/mol. The van der Waals surface area contributed by atoms with Gasteiger partial charge >= 0.3 is 6.61 Å². The number of halogens is 2. The van der Waals surface area contributed by atoms with E-state index in [1.807, 2.05) is 0 Å². The lowest BCUT2D eigenvalue weighted by molar-refractivity contribution is -0.0775. The third-order valence-corrected chi connectivity index (χ3v) is 4.07. The van der Waals surface area contributed by atoms with E-state index in [0.717, 1.165) is 0 Å². The summed E-state index contributed by atoms with van der Waals surface area (Å²) in [6, 6.07) is 6.88. The number of alkyl halides is 2. The van der Waals surface area contributed by atoms with Gasteiger partial charge in [-0.1, -0.05) is 18.2 Å². The zero-order valence-electron chi connectivity index (χ0n) is 11.6. The molecule has 4 nitrogen and oxygen atoms in total. The van der Waals surface area contributed by atoms with Crippen LogP contribution in [0.3, 0.4) is 0 Å². The van der Waals surface area contributed by atoms with Crippen molar-refractivity contribution in [1.82, 2.24) is 5.32 Å². The molecule has 2 heterocycles.